The Morgan fingerprint density at radius 2 is 1.56 bits per heavy atom. The van der Waals surface area contributed by atoms with Gasteiger partial charge < -0.3 is 4.90 Å². The lowest BCUT2D eigenvalue weighted by Gasteiger charge is -2.25. The van der Waals surface area contributed by atoms with Crippen LogP contribution in [0.1, 0.15) is 42.3 Å². The molecule has 0 aliphatic carbocycles. The van der Waals surface area contributed by atoms with Crippen molar-refractivity contribution in [3.05, 3.63) is 29.6 Å². The molecule has 0 radical (unpaired) electrons. The Morgan fingerprint density at radius 3 is 2.06 bits per heavy atom. The zero-order chi connectivity index (χ0) is 15.3. The Bertz CT molecular complexity index is 431. The predicted octanol–water partition coefficient (Wildman–Crippen LogP) is 4.51. The summed E-state index contributed by atoms with van der Waals surface area (Å²) in [6.45, 7) is 2.04. The molecule has 102 valence electrons. The topological polar surface area (TPSA) is 3.24 Å². The maximum absolute atomic E-state index is 13.9. The van der Waals surface area contributed by atoms with Crippen LogP contribution in [0.4, 0.5) is 18.9 Å². The number of rotatable bonds is 7. The normalized spacial score (nSPS) is 15.8. The standard InChI is InChI=1S/C14H20F3N/c1-3-5-9-18(10-6-4-2)12-8-7-11(15)13(16)14(12)17/h7-8H,3-6,9-10H2,1-2H3/i9D,10D. The Morgan fingerprint density at radius 1 is 1.00 bits per heavy atom. The second-order valence-electron chi connectivity index (χ2n) is 4.04. The lowest BCUT2D eigenvalue weighted by atomic mass is 10.2. The molecule has 1 nitrogen and oxygen atoms in total. The van der Waals surface area contributed by atoms with Gasteiger partial charge in [0.25, 0.3) is 0 Å². The van der Waals surface area contributed by atoms with Crippen molar-refractivity contribution in [2.45, 2.75) is 39.5 Å². The van der Waals surface area contributed by atoms with Crippen molar-refractivity contribution in [1.82, 2.24) is 0 Å². The minimum Gasteiger partial charge on any atom is -0.369 e. The first-order chi connectivity index (χ1) is 9.43. The molecular formula is C14H20F3N. The van der Waals surface area contributed by atoms with Gasteiger partial charge in [-0.3, -0.25) is 0 Å². The lowest BCUT2D eigenvalue weighted by Crippen LogP contribution is -2.27. The average molecular weight is 261 g/mol. The molecule has 0 saturated carbocycles. The fourth-order valence-electron chi connectivity index (χ4n) is 1.52. The van der Waals surface area contributed by atoms with Gasteiger partial charge in [0.1, 0.15) is 0 Å². The van der Waals surface area contributed by atoms with Crippen LogP contribution in [0, 0.1) is 17.5 Å². The Balaban J connectivity index is 3.19. The fraction of sp³-hybridized carbons (Fsp3) is 0.571. The van der Waals surface area contributed by atoms with E-state index in [0.29, 0.717) is 25.7 Å². The quantitative estimate of drug-likeness (QED) is 0.653. The molecule has 0 fully saturated rings. The number of benzene rings is 1. The molecule has 1 aromatic rings. The van der Waals surface area contributed by atoms with E-state index in [9.17, 15) is 13.2 Å². The van der Waals surface area contributed by atoms with Crippen LogP contribution < -0.4 is 4.90 Å². The van der Waals surface area contributed by atoms with E-state index in [2.05, 4.69) is 0 Å². The maximum Gasteiger partial charge on any atom is 0.196 e. The summed E-state index contributed by atoms with van der Waals surface area (Å²) in [7, 11) is 0. The van der Waals surface area contributed by atoms with Crippen LogP contribution >= 0.6 is 0 Å². The summed E-state index contributed by atoms with van der Waals surface area (Å²) in [5.74, 6) is -4.15. The molecule has 1 rings (SSSR count). The highest BCUT2D eigenvalue weighted by molar-refractivity contribution is 5.48. The minimum atomic E-state index is -1.56. The van der Waals surface area contributed by atoms with E-state index in [1.165, 1.54) is 4.90 Å². The molecule has 4 heteroatoms. The number of nitrogens with zero attached hydrogens (tertiary/aromatic N) is 1. The van der Waals surface area contributed by atoms with Crippen LogP contribution in [0.2, 0.25) is 0 Å². The van der Waals surface area contributed by atoms with Crippen molar-refractivity contribution in [2.75, 3.05) is 17.9 Å². The SMILES string of the molecule is [2H]C(CCC)N(c1ccc(F)c(F)c1F)C([2H])CCC. The van der Waals surface area contributed by atoms with E-state index < -0.39 is 30.5 Å². The molecule has 1 aromatic carbocycles. The second kappa shape index (κ2) is 7.29. The number of hydrogen-bond acceptors (Lipinski definition) is 1. The first kappa shape index (κ1) is 11.9. The van der Waals surface area contributed by atoms with Gasteiger partial charge in [-0.25, -0.2) is 13.2 Å². The van der Waals surface area contributed by atoms with E-state index in [-0.39, 0.29) is 5.69 Å². The van der Waals surface area contributed by atoms with Crippen molar-refractivity contribution in [3.8, 4) is 0 Å². The Kier molecular flexibility index (Phi) is 4.81. The molecule has 2 atom stereocenters. The van der Waals surface area contributed by atoms with Crippen molar-refractivity contribution in [1.29, 1.82) is 0 Å². The second-order valence-corrected chi connectivity index (χ2v) is 4.04. The highest BCUT2D eigenvalue weighted by Gasteiger charge is 2.17. The number of hydrogen-bond donors (Lipinski definition) is 0. The molecule has 0 bridgehead atoms. The van der Waals surface area contributed by atoms with Crippen LogP contribution in [-0.2, 0) is 0 Å². The average Bonchev–Trinajstić information content (AvgIpc) is 2.40. The van der Waals surface area contributed by atoms with E-state index in [1.807, 2.05) is 13.8 Å². The molecule has 0 aliphatic heterocycles. The first-order valence-corrected chi connectivity index (χ1v) is 6.20. The molecule has 0 aromatic heterocycles. The zero-order valence-corrected chi connectivity index (χ0v) is 10.7. The van der Waals surface area contributed by atoms with Crippen molar-refractivity contribution >= 4 is 5.69 Å². The summed E-state index contributed by atoms with van der Waals surface area (Å²) >= 11 is 0. The van der Waals surface area contributed by atoms with Gasteiger partial charge in [-0.1, -0.05) is 26.7 Å². The van der Waals surface area contributed by atoms with Gasteiger partial charge in [0, 0.05) is 15.8 Å². The van der Waals surface area contributed by atoms with Crippen molar-refractivity contribution in [2.24, 2.45) is 0 Å². The summed E-state index contributed by atoms with van der Waals surface area (Å²) in [6, 6.07) is 1.93. The smallest absolute Gasteiger partial charge is 0.196 e. The third-order valence-electron chi connectivity index (χ3n) is 2.52. The number of halogens is 3. The third kappa shape index (κ3) is 3.65. The van der Waals surface area contributed by atoms with E-state index in [1.54, 1.807) is 0 Å². The van der Waals surface area contributed by atoms with Gasteiger partial charge in [0.2, 0.25) is 0 Å². The van der Waals surface area contributed by atoms with Gasteiger partial charge in [-0.15, -0.1) is 0 Å². The summed E-state index contributed by atoms with van der Waals surface area (Å²) < 4.78 is 56.3. The highest BCUT2D eigenvalue weighted by atomic mass is 19.2. The molecule has 18 heavy (non-hydrogen) atoms. The molecule has 2 unspecified atom stereocenters. The van der Waals surface area contributed by atoms with Crippen molar-refractivity contribution in [3.63, 3.8) is 0 Å². The largest absolute Gasteiger partial charge is 0.369 e. The molecule has 0 amide bonds. The summed E-state index contributed by atoms with van der Waals surface area (Å²) in [4.78, 5) is 1.21. The predicted molar refractivity (Wildman–Crippen MR) is 68.3 cm³/mol. The summed E-state index contributed by atoms with van der Waals surface area (Å²) in [6.07, 6.45) is 2.23. The maximum atomic E-state index is 13.9. The monoisotopic (exact) mass is 261 g/mol. The highest BCUT2D eigenvalue weighted by Crippen LogP contribution is 2.24. The van der Waals surface area contributed by atoms with E-state index in [4.69, 9.17) is 2.74 Å². The zero-order valence-electron chi connectivity index (χ0n) is 12.7. The van der Waals surface area contributed by atoms with Crippen LogP contribution in [0.5, 0.6) is 0 Å². The van der Waals surface area contributed by atoms with Crippen LogP contribution in [0.25, 0.3) is 0 Å². The fourth-order valence-corrected chi connectivity index (χ4v) is 1.52. The summed E-state index contributed by atoms with van der Waals surface area (Å²) in [5, 5.41) is 0. The molecule has 0 heterocycles. The van der Waals surface area contributed by atoms with Gasteiger partial charge in [0.05, 0.1) is 5.69 Å². The van der Waals surface area contributed by atoms with E-state index >= 15 is 0 Å². The van der Waals surface area contributed by atoms with Gasteiger partial charge in [-0.2, -0.15) is 0 Å². The molecule has 0 aliphatic rings. The van der Waals surface area contributed by atoms with Crippen LogP contribution in [-0.4, -0.2) is 13.0 Å². The van der Waals surface area contributed by atoms with Crippen LogP contribution in [0.3, 0.4) is 0 Å². The van der Waals surface area contributed by atoms with Gasteiger partial charge in [0.15, 0.2) is 17.5 Å². The van der Waals surface area contributed by atoms with Crippen molar-refractivity contribution < 1.29 is 15.9 Å². The summed E-state index contributed by atoms with van der Waals surface area (Å²) in [5.41, 5.74) is -0.217. The third-order valence-corrected chi connectivity index (χ3v) is 2.52. The van der Waals surface area contributed by atoms with Crippen LogP contribution in [0.15, 0.2) is 12.1 Å². The molecule has 0 saturated heterocycles. The molecular weight excluding hydrogens is 239 g/mol. The minimum absolute atomic E-state index is 0.217. The van der Waals surface area contributed by atoms with Gasteiger partial charge in [-0.05, 0) is 25.0 Å². The Hall–Kier alpha value is -1.19. The first-order valence-electron chi connectivity index (χ1n) is 7.35. The number of anilines is 1. The molecule has 0 N–H and O–H groups in total. The van der Waals surface area contributed by atoms with E-state index in [0.717, 1.165) is 12.1 Å². The Labute approximate surface area is 109 Å². The van der Waals surface area contributed by atoms with Gasteiger partial charge >= 0.3 is 0 Å². The molecule has 0 spiro atoms. The lowest BCUT2D eigenvalue weighted by molar-refractivity contribution is 0.445.